The predicted octanol–water partition coefficient (Wildman–Crippen LogP) is 2.53. The van der Waals surface area contributed by atoms with Crippen LogP contribution in [0.1, 0.15) is 21.6 Å². The zero-order valence-corrected chi connectivity index (χ0v) is 13.3. The lowest BCUT2D eigenvalue weighted by Crippen LogP contribution is -2.19. The van der Waals surface area contributed by atoms with E-state index in [0.29, 0.717) is 0 Å². The van der Waals surface area contributed by atoms with Crippen molar-refractivity contribution in [1.29, 1.82) is 10.5 Å². The van der Waals surface area contributed by atoms with Crippen LogP contribution < -0.4 is 10.5 Å². The van der Waals surface area contributed by atoms with Crippen molar-refractivity contribution in [3.8, 4) is 23.6 Å². The van der Waals surface area contributed by atoms with Gasteiger partial charge in [0.25, 0.3) is 0 Å². The molecule has 0 aliphatic rings. The van der Waals surface area contributed by atoms with Crippen LogP contribution in [0.25, 0.3) is 5.69 Å². The summed E-state index contributed by atoms with van der Waals surface area (Å²) >= 11 is 0. The highest BCUT2D eigenvalue weighted by atomic mass is 19.4. The number of rotatable bonds is 4. The van der Waals surface area contributed by atoms with Gasteiger partial charge in [0.2, 0.25) is 0 Å². The summed E-state index contributed by atoms with van der Waals surface area (Å²) in [5, 5.41) is 18.2. The van der Waals surface area contributed by atoms with Crippen LogP contribution in [0.3, 0.4) is 0 Å². The average Bonchev–Trinajstić information content (AvgIpc) is 2.94. The lowest BCUT2D eigenvalue weighted by molar-refractivity contribution is -0.153. The molecule has 1 aromatic heterocycles. The molecule has 0 aliphatic heterocycles. The molecule has 26 heavy (non-hydrogen) atoms. The highest BCUT2D eigenvalue weighted by molar-refractivity contribution is 5.96. The maximum Gasteiger partial charge on any atom is 0.422 e. The highest BCUT2D eigenvalue weighted by Crippen LogP contribution is 2.28. The summed E-state index contributed by atoms with van der Waals surface area (Å²) in [6.07, 6.45) is -3.30. The van der Waals surface area contributed by atoms with Crippen LogP contribution in [0.4, 0.5) is 18.9 Å². The normalized spacial score (nSPS) is 10.7. The maximum atomic E-state index is 12.3. The molecule has 7 nitrogen and oxygen atoms in total. The minimum absolute atomic E-state index is 0.00121. The average molecular weight is 364 g/mol. The fourth-order valence-corrected chi connectivity index (χ4v) is 2.16. The second-order valence-corrected chi connectivity index (χ2v) is 4.97. The van der Waals surface area contributed by atoms with Gasteiger partial charge in [-0.3, -0.25) is 0 Å². The molecule has 0 spiro atoms. The molecule has 0 unspecified atom stereocenters. The molecule has 2 N–H and O–H groups in total. The zero-order valence-electron chi connectivity index (χ0n) is 13.3. The van der Waals surface area contributed by atoms with E-state index in [1.54, 1.807) is 6.07 Å². The molecule has 0 bridgehead atoms. The predicted molar refractivity (Wildman–Crippen MR) is 82.5 cm³/mol. The smallest absolute Gasteiger partial charge is 0.422 e. The summed E-state index contributed by atoms with van der Waals surface area (Å²) in [7, 11) is 1.12. The van der Waals surface area contributed by atoms with Gasteiger partial charge in [0.05, 0.1) is 23.9 Å². The first kappa shape index (κ1) is 18.7. The summed E-state index contributed by atoms with van der Waals surface area (Å²) in [4.78, 5) is 11.9. The van der Waals surface area contributed by atoms with Gasteiger partial charge in [0.1, 0.15) is 17.9 Å². The number of hydrogen-bond acceptors (Lipinski definition) is 6. The lowest BCUT2D eigenvalue weighted by atomic mass is 10.2. The monoisotopic (exact) mass is 364 g/mol. The van der Waals surface area contributed by atoms with E-state index in [9.17, 15) is 18.0 Å². The molecule has 0 fully saturated rings. The highest BCUT2D eigenvalue weighted by Gasteiger charge is 2.29. The number of esters is 1. The fourth-order valence-electron chi connectivity index (χ4n) is 2.16. The van der Waals surface area contributed by atoms with Crippen molar-refractivity contribution in [3.63, 3.8) is 0 Å². The van der Waals surface area contributed by atoms with E-state index in [4.69, 9.17) is 16.3 Å². The van der Waals surface area contributed by atoms with Gasteiger partial charge in [-0.1, -0.05) is 0 Å². The SMILES string of the molecule is COC(=O)c1c(N)c(C#N)cn1-c1ccc(OCC(F)(F)F)c(C#N)c1. The number of anilines is 1. The van der Waals surface area contributed by atoms with E-state index in [0.717, 1.165) is 13.2 Å². The van der Waals surface area contributed by atoms with Crippen molar-refractivity contribution in [2.75, 3.05) is 19.5 Å². The van der Waals surface area contributed by atoms with E-state index in [-0.39, 0.29) is 33.9 Å². The number of nitriles is 2. The third-order valence-electron chi connectivity index (χ3n) is 3.30. The number of benzene rings is 1. The van der Waals surface area contributed by atoms with Crippen LogP contribution in [-0.4, -0.2) is 30.4 Å². The van der Waals surface area contributed by atoms with Gasteiger partial charge in [0.15, 0.2) is 12.3 Å². The van der Waals surface area contributed by atoms with E-state index in [1.807, 2.05) is 6.07 Å². The molecule has 0 radical (unpaired) electrons. The number of nitrogens with two attached hydrogens (primary N) is 1. The van der Waals surface area contributed by atoms with Gasteiger partial charge < -0.3 is 19.8 Å². The van der Waals surface area contributed by atoms with E-state index in [2.05, 4.69) is 9.47 Å². The number of halogens is 3. The Bertz CT molecular complexity index is 936. The summed E-state index contributed by atoms with van der Waals surface area (Å²) in [6.45, 7) is -1.55. The molecule has 1 heterocycles. The Morgan fingerprint density at radius 3 is 2.46 bits per heavy atom. The van der Waals surface area contributed by atoms with Crippen molar-refractivity contribution in [3.05, 3.63) is 41.2 Å². The summed E-state index contributed by atoms with van der Waals surface area (Å²) in [5.41, 5.74) is 5.54. The van der Waals surface area contributed by atoms with Crippen LogP contribution in [0.2, 0.25) is 0 Å². The first-order valence-corrected chi connectivity index (χ1v) is 6.95. The van der Waals surface area contributed by atoms with Gasteiger partial charge >= 0.3 is 12.1 Å². The molecule has 134 valence electrons. The Balaban J connectivity index is 2.52. The van der Waals surface area contributed by atoms with Gasteiger partial charge in [-0.15, -0.1) is 0 Å². The number of ether oxygens (including phenoxy) is 2. The first-order valence-electron chi connectivity index (χ1n) is 6.95. The van der Waals surface area contributed by atoms with Gasteiger partial charge in [0, 0.05) is 11.9 Å². The van der Waals surface area contributed by atoms with Gasteiger partial charge in [-0.05, 0) is 18.2 Å². The molecule has 0 amide bonds. The third kappa shape index (κ3) is 3.70. The Hall–Kier alpha value is -3.66. The third-order valence-corrected chi connectivity index (χ3v) is 3.30. The lowest BCUT2D eigenvalue weighted by Gasteiger charge is -2.13. The first-order chi connectivity index (χ1) is 12.2. The number of methoxy groups -OCH3 is 1. The van der Waals surface area contributed by atoms with E-state index < -0.39 is 18.8 Å². The standard InChI is InChI=1S/C16H11F3N4O3/c1-25-15(24)14-13(22)10(6-21)7-23(14)11-2-3-12(9(4-11)5-20)26-8-16(17,18)19/h2-4,7H,8,22H2,1H3. The van der Waals surface area contributed by atoms with Gasteiger partial charge in [-0.2, -0.15) is 23.7 Å². The van der Waals surface area contributed by atoms with Crippen LogP contribution in [0.5, 0.6) is 5.75 Å². The number of nitrogen functional groups attached to an aromatic ring is 1. The van der Waals surface area contributed by atoms with Crippen molar-refractivity contribution < 1.29 is 27.4 Å². The number of aromatic nitrogens is 1. The van der Waals surface area contributed by atoms with Crippen LogP contribution in [0, 0.1) is 22.7 Å². The molecule has 0 saturated carbocycles. The molecular weight excluding hydrogens is 353 g/mol. The number of nitrogens with zero attached hydrogens (tertiary/aromatic N) is 3. The minimum atomic E-state index is -4.56. The fraction of sp³-hybridized carbons (Fsp3) is 0.188. The van der Waals surface area contributed by atoms with Crippen LogP contribution in [-0.2, 0) is 4.74 Å². The molecule has 0 saturated heterocycles. The molecule has 2 aromatic rings. The number of carbonyl (C=O) groups excluding carboxylic acids is 1. The molecular formula is C16H11F3N4O3. The minimum Gasteiger partial charge on any atom is -0.483 e. The Morgan fingerprint density at radius 1 is 1.27 bits per heavy atom. The number of carbonyl (C=O) groups is 1. The topological polar surface area (TPSA) is 114 Å². The Kier molecular flexibility index (Phi) is 5.08. The summed E-state index contributed by atoms with van der Waals surface area (Å²) in [6, 6.07) is 7.22. The molecule has 10 heteroatoms. The Labute approximate surface area is 145 Å². The second kappa shape index (κ2) is 7.07. The van der Waals surface area contributed by atoms with Crippen molar-refractivity contribution >= 4 is 11.7 Å². The van der Waals surface area contributed by atoms with Crippen molar-refractivity contribution in [2.24, 2.45) is 0 Å². The van der Waals surface area contributed by atoms with Crippen molar-refractivity contribution in [1.82, 2.24) is 4.57 Å². The van der Waals surface area contributed by atoms with Crippen LogP contribution in [0.15, 0.2) is 24.4 Å². The molecule has 0 aliphatic carbocycles. The van der Waals surface area contributed by atoms with Crippen molar-refractivity contribution in [2.45, 2.75) is 6.18 Å². The maximum absolute atomic E-state index is 12.3. The number of alkyl halides is 3. The van der Waals surface area contributed by atoms with Gasteiger partial charge in [-0.25, -0.2) is 4.79 Å². The van der Waals surface area contributed by atoms with E-state index >= 15 is 0 Å². The summed E-state index contributed by atoms with van der Waals surface area (Å²) < 4.78 is 47.3. The summed E-state index contributed by atoms with van der Waals surface area (Å²) in [5.74, 6) is -1.09. The van der Waals surface area contributed by atoms with Crippen LogP contribution >= 0.6 is 0 Å². The number of hydrogen-bond donors (Lipinski definition) is 1. The zero-order chi connectivity index (χ0) is 19.5. The largest absolute Gasteiger partial charge is 0.483 e. The second-order valence-electron chi connectivity index (χ2n) is 4.97. The molecule has 0 atom stereocenters. The Morgan fingerprint density at radius 2 is 1.92 bits per heavy atom. The molecule has 2 rings (SSSR count). The molecule has 1 aromatic carbocycles. The quantitative estimate of drug-likeness (QED) is 0.834. The van der Waals surface area contributed by atoms with E-state index in [1.165, 1.54) is 22.9 Å².